The molecular weight excluding hydrogens is 292 g/mol. The largest absolute Gasteiger partial charge is 0.359 e. The number of nitrogens with zero attached hydrogens (tertiary/aromatic N) is 3. The van der Waals surface area contributed by atoms with Crippen LogP contribution >= 0.6 is 12.2 Å². The summed E-state index contributed by atoms with van der Waals surface area (Å²) in [6, 6.07) is 6.61. The van der Waals surface area contributed by atoms with Crippen LogP contribution in [0.1, 0.15) is 24.8 Å². The zero-order valence-electron chi connectivity index (χ0n) is 12.5. The van der Waals surface area contributed by atoms with Crippen molar-refractivity contribution in [3.05, 3.63) is 42.2 Å². The first-order chi connectivity index (χ1) is 10.8. The predicted octanol–water partition coefficient (Wildman–Crippen LogP) is 2.64. The Morgan fingerprint density at radius 1 is 1.45 bits per heavy atom. The van der Waals surface area contributed by atoms with Crippen molar-refractivity contribution in [2.45, 2.75) is 31.8 Å². The van der Waals surface area contributed by atoms with Gasteiger partial charge in [0.25, 0.3) is 0 Å². The summed E-state index contributed by atoms with van der Waals surface area (Å²) in [5.41, 5.74) is 1.11. The van der Waals surface area contributed by atoms with Crippen LogP contribution in [0, 0.1) is 23.2 Å². The lowest BCUT2D eigenvalue weighted by molar-refractivity contribution is 0.395. The molecule has 1 fully saturated rings. The molecule has 0 unspecified atom stereocenters. The molecule has 1 aromatic heterocycles. The van der Waals surface area contributed by atoms with Crippen LogP contribution in [0.2, 0.25) is 0 Å². The van der Waals surface area contributed by atoms with E-state index in [2.05, 4.69) is 33.4 Å². The average Bonchev–Trinajstić information content (AvgIpc) is 3.15. The third kappa shape index (κ3) is 3.45. The summed E-state index contributed by atoms with van der Waals surface area (Å²) in [6.07, 6.45) is 11.1. The summed E-state index contributed by atoms with van der Waals surface area (Å²) in [7, 11) is 0. The highest BCUT2D eigenvalue weighted by Crippen LogP contribution is 2.39. The fourth-order valence-electron chi connectivity index (χ4n) is 3.35. The number of fused-ring (bicyclic) bond motifs is 2. The number of thiocarbonyl (C=S) groups is 1. The molecule has 0 radical (unpaired) electrons. The monoisotopic (exact) mass is 312 g/mol. The molecule has 1 N–H and O–H groups in total. The van der Waals surface area contributed by atoms with Gasteiger partial charge in [0.2, 0.25) is 0 Å². The van der Waals surface area contributed by atoms with Crippen molar-refractivity contribution in [1.82, 2.24) is 15.2 Å². The van der Waals surface area contributed by atoms with E-state index in [1.807, 2.05) is 18.3 Å². The van der Waals surface area contributed by atoms with E-state index >= 15 is 0 Å². The zero-order valence-corrected chi connectivity index (χ0v) is 13.3. The molecule has 0 aliphatic heterocycles. The number of rotatable bonds is 5. The number of nitriles is 1. The molecule has 1 aromatic rings. The van der Waals surface area contributed by atoms with Gasteiger partial charge in [0.05, 0.1) is 12.5 Å². The molecule has 0 saturated heterocycles. The van der Waals surface area contributed by atoms with Crippen LogP contribution in [0.15, 0.2) is 36.7 Å². The van der Waals surface area contributed by atoms with Gasteiger partial charge in [-0.05, 0) is 48.5 Å². The fourth-order valence-corrected chi connectivity index (χ4v) is 3.65. The maximum absolute atomic E-state index is 8.87. The molecule has 0 aromatic carbocycles. The lowest BCUT2D eigenvalue weighted by Gasteiger charge is -2.29. The maximum Gasteiger partial charge on any atom is 0.169 e. The Morgan fingerprint density at radius 2 is 2.36 bits per heavy atom. The highest BCUT2D eigenvalue weighted by molar-refractivity contribution is 7.80. The van der Waals surface area contributed by atoms with Gasteiger partial charge < -0.3 is 10.2 Å². The highest BCUT2D eigenvalue weighted by atomic mass is 32.1. The second-order valence-corrected chi connectivity index (χ2v) is 6.41. The van der Waals surface area contributed by atoms with Crippen LogP contribution in [0.5, 0.6) is 0 Å². The molecule has 0 spiro atoms. The van der Waals surface area contributed by atoms with E-state index < -0.39 is 0 Å². The topological polar surface area (TPSA) is 52.0 Å². The van der Waals surface area contributed by atoms with E-state index in [1.165, 1.54) is 12.8 Å². The Kier molecular flexibility index (Phi) is 4.69. The molecule has 2 bridgehead atoms. The van der Waals surface area contributed by atoms with Crippen molar-refractivity contribution >= 4 is 17.3 Å². The lowest BCUT2D eigenvalue weighted by Crippen LogP contribution is -2.46. The Balaban J connectivity index is 1.62. The maximum atomic E-state index is 8.87. The van der Waals surface area contributed by atoms with Gasteiger partial charge in [0.15, 0.2) is 5.11 Å². The van der Waals surface area contributed by atoms with Gasteiger partial charge >= 0.3 is 0 Å². The third-order valence-corrected chi connectivity index (χ3v) is 4.84. The van der Waals surface area contributed by atoms with Gasteiger partial charge in [-0.3, -0.25) is 4.98 Å². The van der Waals surface area contributed by atoms with E-state index in [1.54, 1.807) is 6.20 Å². The van der Waals surface area contributed by atoms with E-state index in [4.69, 9.17) is 17.5 Å². The predicted molar refractivity (Wildman–Crippen MR) is 89.8 cm³/mol. The van der Waals surface area contributed by atoms with Gasteiger partial charge in [0, 0.05) is 31.5 Å². The summed E-state index contributed by atoms with van der Waals surface area (Å²) in [5, 5.41) is 13.1. The van der Waals surface area contributed by atoms with E-state index in [0.717, 1.165) is 16.6 Å². The fraction of sp³-hybridized carbons (Fsp3) is 0.471. The summed E-state index contributed by atoms with van der Waals surface area (Å²) in [5.74, 6) is 1.33. The molecule has 3 atom stereocenters. The van der Waals surface area contributed by atoms with E-state index in [9.17, 15) is 0 Å². The van der Waals surface area contributed by atoms with Crippen LogP contribution in [-0.4, -0.2) is 27.6 Å². The SMILES string of the molecule is N#CCCN(Cc1cccnc1)C(=S)N[C@@H]1C[C@H]2C=C[C@H]1C2. The molecule has 3 rings (SSSR count). The van der Waals surface area contributed by atoms with Crippen molar-refractivity contribution in [2.24, 2.45) is 11.8 Å². The summed E-state index contributed by atoms with van der Waals surface area (Å²) >= 11 is 5.60. The van der Waals surface area contributed by atoms with Crippen molar-refractivity contribution < 1.29 is 0 Å². The van der Waals surface area contributed by atoms with Crippen LogP contribution in [0.4, 0.5) is 0 Å². The van der Waals surface area contributed by atoms with E-state index in [0.29, 0.717) is 31.5 Å². The van der Waals surface area contributed by atoms with Gasteiger partial charge in [0.1, 0.15) is 0 Å². The molecule has 1 heterocycles. The Morgan fingerprint density at radius 3 is 3.00 bits per heavy atom. The lowest BCUT2D eigenvalue weighted by atomic mass is 10.0. The van der Waals surface area contributed by atoms with E-state index in [-0.39, 0.29) is 0 Å². The second kappa shape index (κ2) is 6.89. The Bertz CT molecular complexity index is 592. The Hall–Kier alpha value is -1.93. The number of hydrogen-bond acceptors (Lipinski definition) is 3. The highest BCUT2D eigenvalue weighted by Gasteiger charge is 2.36. The first-order valence-electron chi connectivity index (χ1n) is 7.76. The number of nitrogens with one attached hydrogen (secondary N) is 1. The van der Waals surface area contributed by atoms with Crippen LogP contribution < -0.4 is 5.32 Å². The normalized spacial score (nSPS) is 25.0. The molecule has 0 amide bonds. The van der Waals surface area contributed by atoms with Crippen molar-refractivity contribution in [1.29, 1.82) is 5.26 Å². The number of pyridine rings is 1. The molecular formula is C17H20N4S. The minimum absolute atomic E-state index is 0.445. The third-order valence-electron chi connectivity index (χ3n) is 4.46. The summed E-state index contributed by atoms with van der Waals surface area (Å²) < 4.78 is 0. The molecule has 22 heavy (non-hydrogen) atoms. The molecule has 114 valence electrons. The standard InChI is InChI=1S/C17H20N4S/c18-6-2-8-21(12-14-3-1-7-19-11-14)17(22)20-16-10-13-4-5-15(16)9-13/h1,3-5,7,11,13,15-16H,2,8-10,12H2,(H,20,22)/t13-,15-,16+/m0/s1. The van der Waals surface area contributed by atoms with Gasteiger partial charge in [-0.2, -0.15) is 5.26 Å². The first kappa shape index (κ1) is 15.0. The average molecular weight is 312 g/mol. The smallest absolute Gasteiger partial charge is 0.169 e. The molecule has 4 nitrogen and oxygen atoms in total. The summed E-state index contributed by atoms with van der Waals surface area (Å²) in [6.45, 7) is 1.34. The zero-order chi connectivity index (χ0) is 15.4. The number of aromatic nitrogens is 1. The molecule has 1 saturated carbocycles. The minimum Gasteiger partial charge on any atom is -0.359 e. The number of allylic oxidation sites excluding steroid dienone is 1. The van der Waals surface area contributed by atoms with Crippen molar-refractivity contribution in [2.75, 3.05) is 6.54 Å². The summed E-state index contributed by atoms with van der Waals surface area (Å²) in [4.78, 5) is 6.22. The minimum atomic E-state index is 0.445. The van der Waals surface area contributed by atoms with Crippen molar-refractivity contribution in [3.8, 4) is 6.07 Å². The first-order valence-corrected chi connectivity index (χ1v) is 8.16. The van der Waals surface area contributed by atoms with Gasteiger partial charge in [-0.15, -0.1) is 0 Å². The molecule has 2 aliphatic rings. The van der Waals surface area contributed by atoms with Crippen molar-refractivity contribution in [3.63, 3.8) is 0 Å². The number of hydrogen-bond donors (Lipinski definition) is 1. The molecule has 2 aliphatic carbocycles. The van der Waals surface area contributed by atoms with Crippen LogP contribution in [0.3, 0.4) is 0 Å². The second-order valence-electron chi connectivity index (χ2n) is 6.03. The van der Waals surface area contributed by atoms with Gasteiger partial charge in [-0.1, -0.05) is 18.2 Å². The quantitative estimate of drug-likeness (QED) is 0.669. The van der Waals surface area contributed by atoms with Gasteiger partial charge in [-0.25, -0.2) is 0 Å². The van der Waals surface area contributed by atoms with Crippen LogP contribution in [-0.2, 0) is 6.54 Å². The van der Waals surface area contributed by atoms with Crippen LogP contribution in [0.25, 0.3) is 0 Å². The molecule has 5 heteroatoms. The Labute approximate surface area is 136 Å².